The molecule has 0 spiro atoms. The number of hydrogen-bond acceptors (Lipinski definition) is 4. The first-order valence-corrected chi connectivity index (χ1v) is 6.81. The molecule has 0 aromatic heterocycles. The van der Waals surface area contributed by atoms with Crippen LogP contribution in [0.1, 0.15) is 0 Å². The van der Waals surface area contributed by atoms with Crippen LogP contribution in [-0.2, 0) is 4.74 Å². The van der Waals surface area contributed by atoms with Gasteiger partial charge < -0.3 is 15.4 Å². The molecule has 0 aliphatic carbocycles. The van der Waals surface area contributed by atoms with Crippen molar-refractivity contribution in [3.8, 4) is 0 Å². The van der Waals surface area contributed by atoms with Gasteiger partial charge in [-0.15, -0.1) is 11.8 Å². The molecule has 1 aromatic carbocycles. The number of thioether (sulfide) groups is 1. The lowest BCUT2D eigenvalue weighted by Gasteiger charge is -2.24. The molecule has 1 aliphatic rings. The largest absolute Gasteiger partial charge is 0.382 e. The van der Waals surface area contributed by atoms with Crippen molar-refractivity contribution in [3.63, 3.8) is 0 Å². The van der Waals surface area contributed by atoms with Crippen molar-refractivity contribution in [2.24, 2.45) is 0 Å². The molecule has 1 fully saturated rings. The van der Waals surface area contributed by atoms with Crippen LogP contribution in [0.2, 0.25) is 0 Å². The second kappa shape index (κ2) is 6.13. The van der Waals surface area contributed by atoms with Crippen molar-refractivity contribution < 1.29 is 4.74 Å². The maximum atomic E-state index is 5.62. The second-order valence-electron chi connectivity index (χ2n) is 3.81. The quantitative estimate of drug-likeness (QED) is 0.784. The van der Waals surface area contributed by atoms with Gasteiger partial charge in [-0.05, 0) is 30.5 Å². The monoisotopic (exact) mass is 238 g/mol. The SMILES string of the molecule is CSc1ccc(NCC2CNCCO2)cc1. The lowest BCUT2D eigenvalue weighted by molar-refractivity contribution is 0.0372. The van der Waals surface area contributed by atoms with Gasteiger partial charge in [0.2, 0.25) is 0 Å². The predicted molar refractivity (Wildman–Crippen MR) is 69.3 cm³/mol. The van der Waals surface area contributed by atoms with Crippen LogP contribution in [0.3, 0.4) is 0 Å². The summed E-state index contributed by atoms with van der Waals surface area (Å²) >= 11 is 1.76. The number of morpholine rings is 1. The smallest absolute Gasteiger partial charge is 0.0872 e. The Bertz CT molecular complexity index is 309. The van der Waals surface area contributed by atoms with E-state index in [0.717, 1.165) is 31.9 Å². The number of rotatable bonds is 4. The lowest BCUT2D eigenvalue weighted by atomic mass is 10.2. The highest BCUT2D eigenvalue weighted by atomic mass is 32.2. The van der Waals surface area contributed by atoms with Crippen LogP contribution >= 0.6 is 11.8 Å². The minimum atomic E-state index is 0.286. The van der Waals surface area contributed by atoms with Crippen molar-refractivity contribution >= 4 is 17.4 Å². The zero-order valence-corrected chi connectivity index (χ0v) is 10.3. The van der Waals surface area contributed by atoms with E-state index in [2.05, 4.69) is 41.2 Å². The zero-order valence-electron chi connectivity index (χ0n) is 9.53. The van der Waals surface area contributed by atoms with Crippen molar-refractivity contribution in [2.45, 2.75) is 11.0 Å². The maximum absolute atomic E-state index is 5.62. The summed E-state index contributed by atoms with van der Waals surface area (Å²) in [5, 5.41) is 6.71. The average Bonchev–Trinajstić information content (AvgIpc) is 2.38. The third-order valence-corrected chi connectivity index (χ3v) is 3.37. The highest BCUT2D eigenvalue weighted by Crippen LogP contribution is 2.17. The zero-order chi connectivity index (χ0) is 11.2. The molecule has 2 rings (SSSR count). The normalized spacial score (nSPS) is 20.7. The number of benzene rings is 1. The molecule has 0 bridgehead atoms. The van der Waals surface area contributed by atoms with Crippen molar-refractivity contribution in [2.75, 3.05) is 37.8 Å². The molecule has 1 heterocycles. The Morgan fingerprint density at radius 3 is 2.88 bits per heavy atom. The molecule has 2 N–H and O–H groups in total. The van der Waals surface area contributed by atoms with Crippen molar-refractivity contribution in [1.82, 2.24) is 5.32 Å². The van der Waals surface area contributed by atoms with Gasteiger partial charge in [-0.25, -0.2) is 0 Å². The Hall–Kier alpha value is -0.710. The van der Waals surface area contributed by atoms with Crippen LogP contribution in [-0.4, -0.2) is 38.6 Å². The Balaban J connectivity index is 1.79. The van der Waals surface area contributed by atoms with Gasteiger partial charge in [0.1, 0.15) is 0 Å². The molecule has 1 aromatic rings. The summed E-state index contributed by atoms with van der Waals surface area (Å²) in [4.78, 5) is 1.29. The molecular weight excluding hydrogens is 220 g/mol. The summed E-state index contributed by atoms with van der Waals surface area (Å²) in [6.45, 7) is 3.60. The average molecular weight is 238 g/mol. The first kappa shape index (κ1) is 11.8. The van der Waals surface area contributed by atoms with E-state index in [4.69, 9.17) is 4.74 Å². The highest BCUT2D eigenvalue weighted by Gasteiger charge is 2.12. The molecule has 16 heavy (non-hydrogen) atoms. The topological polar surface area (TPSA) is 33.3 Å². The van der Waals surface area contributed by atoms with Crippen LogP contribution in [0.5, 0.6) is 0 Å². The summed E-state index contributed by atoms with van der Waals surface area (Å²) in [7, 11) is 0. The van der Waals surface area contributed by atoms with E-state index in [1.54, 1.807) is 11.8 Å². The van der Waals surface area contributed by atoms with E-state index in [1.165, 1.54) is 4.90 Å². The van der Waals surface area contributed by atoms with E-state index < -0.39 is 0 Å². The Labute approximate surface area is 101 Å². The summed E-state index contributed by atoms with van der Waals surface area (Å²) in [6, 6.07) is 8.49. The fraction of sp³-hybridized carbons (Fsp3) is 0.500. The molecule has 1 atom stereocenters. The van der Waals surface area contributed by atoms with E-state index in [1.807, 2.05) is 0 Å². The molecule has 1 aliphatic heterocycles. The van der Waals surface area contributed by atoms with Gasteiger partial charge in [-0.1, -0.05) is 0 Å². The molecule has 1 saturated heterocycles. The molecule has 0 radical (unpaired) electrons. The van der Waals surface area contributed by atoms with E-state index >= 15 is 0 Å². The molecular formula is C12H18N2OS. The fourth-order valence-electron chi connectivity index (χ4n) is 1.69. The summed E-state index contributed by atoms with van der Waals surface area (Å²) in [5.74, 6) is 0. The third kappa shape index (κ3) is 3.40. The van der Waals surface area contributed by atoms with Crippen LogP contribution in [0.25, 0.3) is 0 Å². The first-order chi connectivity index (χ1) is 7.88. The van der Waals surface area contributed by atoms with Gasteiger partial charge in [-0.2, -0.15) is 0 Å². The number of hydrogen-bond donors (Lipinski definition) is 2. The minimum absolute atomic E-state index is 0.286. The Kier molecular flexibility index (Phi) is 4.51. The van der Waals surface area contributed by atoms with Crippen LogP contribution in [0.15, 0.2) is 29.2 Å². The van der Waals surface area contributed by atoms with E-state index in [0.29, 0.717) is 0 Å². The van der Waals surface area contributed by atoms with Gasteiger partial charge in [0, 0.05) is 30.2 Å². The van der Waals surface area contributed by atoms with Gasteiger partial charge >= 0.3 is 0 Å². The number of nitrogens with one attached hydrogen (secondary N) is 2. The second-order valence-corrected chi connectivity index (χ2v) is 4.69. The minimum Gasteiger partial charge on any atom is -0.382 e. The molecule has 0 saturated carbocycles. The summed E-state index contributed by atoms with van der Waals surface area (Å²) in [5.41, 5.74) is 1.16. The van der Waals surface area contributed by atoms with Gasteiger partial charge in [0.25, 0.3) is 0 Å². The standard InChI is InChI=1S/C12H18N2OS/c1-16-12-4-2-10(3-5-12)14-9-11-8-13-6-7-15-11/h2-5,11,13-14H,6-9H2,1H3. The molecule has 0 amide bonds. The highest BCUT2D eigenvalue weighted by molar-refractivity contribution is 7.98. The van der Waals surface area contributed by atoms with E-state index in [-0.39, 0.29) is 6.10 Å². The van der Waals surface area contributed by atoms with Gasteiger partial charge in [-0.3, -0.25) is 0 Å². The molecule has 1 unspecified atom stereocenters. The number of ether oxygens (including phenoxy) is 1. The fourth-order valence-corrected chi connectivity index (χ4v) is 2.10. The molecule has 4 heteroatoms. The van der Waals surface area contributed by atoms with Gasteiger partial charge in [0.15, 0.2) is 0 Å². The van der Waals surface area contributed by atoms with Crippen molar-refractivity contribution in [1.29, 1.82) is 0 Å². The van der Waals surface area contributed by atoms with Gasteiger partial charge in [0.05, 0.1) is 12.7 Å². The third-order valence-electron chi connectivity index (χ3n) is 2.63. The maximum Gasteiger partial charge on any atom is 0.0872 e. The Morgan fingerprint density at radius 1 is 1.44 bits per heavy atom. The predicted octanol–water partition coefficient (Wildman–Crippen LogP) is 1.81. The summed E-state index contributed by atoms with van der Waals surface area (Å²) < 4.78 is 5.62. The van der Waals surface area contributed by atoms with Crippen molar-refractivity contribution in [3.05, 3.63) is 24.3 Å². The first-order valence-electron chi connectivity index (χ1n) is 5.59. The van der Waals surface area contributed by atoms with Crippen LogP contribution < -0.4 is 10.6 Å². The van der Waals surface area contributed by atoms with Crippen LogP contribution in [0, 0.1) is 0 Å². The van der Waals surface area contributed by atoms with E-state index in [9.17, 15) is 0 Å². The summed E-state index contributed by atoms with van der Waals surface area (Å²) in [6.07, 6.45) is 2.37. The Morgan fingerprint density at radius 2 is 2.25 bits per heavy atom. The number of anilines is 1. The molecule has 88 valence electrons. The lowest BCUT2D eigenvalue weighted by Crippen LogP contribution is -2.42. The molecule has 3 nitrogen and oxygen atoms in total. The van der Waals surface area contributed by atoms with Crippen LogP contribution in [0.4, 0.5) is 5.69 Å².